The van der Waals surface area contributed by atoms with Gasteiger partial charge in [0.2, 0.25) is 0 Å². The van der Waals surface area contributed by atoms with E-state index in [1.807, 2.05) is 25.1 Å². The molecule has 0 aliphatic carbocycles. The van der Waals surface area contributed by atoms with Crippen LogP contribution in [0.1, 0.15) is 26.2 Å². The number of nitrogens with two attached hydrogens (primary N) is 1. The van der Waals surface area contributed by atoms with Crippen molar-refractivity contribution in [3.05, 3.63) is 18.2 Å². The largest absolute Gasteiger partial charge is 0.493 e. The molecule has 1 atom stereocenters. The maximum atomic E-state index is 5.83. The van der Waals surface area contributed by atoms with E-state index in [1.165, 1.54) is 19.4 Å². The Hall–Kier alpha value is -1.42. The van der Waals surface area contributed by atoms with Crippen LogP contribution in [0.5, 0.6) is 11.5 Å². The summed E-state index contributed by atoms with van der Waals surface area (Å²) in [6.45, 7) is 4.51. The first kappa shape index (κ1) is 14.0. The Morgan fingerprint density at radius 1 is 1.37 bits per heavy atom. The number of nitrogens with zero attached hydrogens (tertiary/aromatic N) is 1. The van der Waals surface area contributed by atoms with Crippen LogP contribution in [-0.2, 0) is 0 Å². The zero-order valence-electron chi connectivity index (χ0n) is 11.9. The molecule has 1 aliphatic rings. The predicted octanol–water partition coefficient (Wildman–Crippen LogP) is 2.53. The monoisotopic (exact) mass is 264 g/mol. The van der Waals surface area contributed by atoms with Gasteiger partial charge in [0.05, 0.1) is 18.9 Å². The summed E-state index contributed by atoms with van der Waals surface area (Å²) in [6.07, 6.45) is 3.66. The number of rotatable bonds is 6. The van der Waals surface area contributed by atoms with Crippen molar-refractivity contribution in [3.8, 4) is 11.5 Å². The van der Waals surface area contributed by atoms with Crippen molar-refractivity contribution in [1.29, 1.82) is 0 Å². The van der Waals surface area contributed by atoms with Gasteiger partial charge in [-0.15, -0.1) is 0 Å². The van der Waals surface area contributed by atoms with Crippen LogP contribution in [0.3, 0.4) is 0 Å². The van der Waals surface area contributed by atoms with Crippen molar-refractivity contribution in [2.45, 2.75) is 32.2 Å². The van der Waals surface area contributed by atoms with E-state index in [1.54, 1.807) is 0 Å². The van der Waals surface area contributed by atoms with Crippen LogP contribution >= 0.6 is 0 Å². The molecule has 4 heteroatoms. The summed E-state index contributed by atoms with van der Waals surface area (Å²) in [6, 6.07) is 6.27. The Morgan fingerprint density at radius 2 is 2.21 bits per heavy atom. The molecule has 0 radical (unpaired) electrons. The fourth-order valence-corrected chi connectivity index (χ4v) is 2.54. The fraction of sp³-hybridized carbons (Fsp3) is 0.600. The molecule has 1 aliphatic heterocycles. The summed E-state index contributed by atoms with van der Waals surface area (Å²) >= 11 is 0. The van der Waals surface area contributed by atoms with E-state index in [4.69, 9.17) is 15.2 Å². The summed E-state index contributed by atoms with van der Waals surface area (Å²) in [5, 5.41) is 0. The second-order valence-corrected chi connectivity index (χ2v) is 5.05. The average Bonchev–Trinajstić information content (AvgIpc) is 2.79. The Morgan fingerprint density at radius 3 is 2.89 bits per heavy atom. The molecule has 1 saturated heterocycles. The summed E-state index contributed by atoms with van der Waals surface area (Å²) in [5.41, 5.74) is 6.49. The molecule has 2 rings (SSSR count). The molecule has 4 nitrogen and oxygen atoms in total. The molecule has 1 aromatic carbocycles. The van der Waals surface area contributed by atoms with Crippen LogP contribution in [0.15, 0.2) is 18.2 Å². The smallest absolute Gasteiger partial charge is 0.145 e. The summed E-state index contributed by atoms with van der Waals surface area (Å²) in [7, 11) is 2.19. The van der Waals surface area contributed by atoms with Crippen molar-refractivity contribution in [3.63, 3.8) is 0 Å². The molecule has 19 heavy (non-hydrogen) atoms. The van der Waals surface area contributed by atoms with Crippen molar-refractivity contribution in [2.24, 2.45) is 0 Å². The molecule has 0 aromatic heterocycles. The third-order valence-electron chi connectivity index (χ3n) is 3.68. The molecule has 1 aromatic rings. The summed E-state index contributed by atoms with van der Waals surface area (Å²) < 4.78 is 11.3. The zero-order chi connectivity index (χ0) is 13.7. The minimum Gasteiger partial charge on any atom is -0.493 e. The molecule has 1 heterocycles. The van der Waals surface area contributed by atoms with Crippen LogP contribution in [0.2, 0.25) is 0 Å². The molecular weight excluding hydrogens is 240 g/mol. The third kappa shape index (κ3) is 3.77. The van der Waals surface area contributed by atoms with Gasteiger partial charge >= 0.3 is 0 Å². The zero-order valence-corrected chi connectivity index (χ0v) is 11.9. The molecule has 106 valence electrons. The summed E-state index contributed by atoms with van der Waals surface area (Å²) in [4.78, 5) is 2.41. The molecule has 1 unspecified atom stereocenters. The second-order valence-electron chi connectivity index (χ2n) is 5.05. The quantitative estimate of drug-likeness (QED) is 0.802. The molecule has 2 N–H and O–H groups in total. The first-order chi connectivity index (χ1) is 9.20. The van der Waals surface area contributed by atoms with E-state index < -0.39 is 0 Å². The van der Waals surface area contributed by atoms with Crippen molar-refractivity contribution in [2.75, 3.05) is 32.5 Å². The Kier molecular flexibility index (Phi) is 4.91. The maximum absolute atomic E-state index is 5.83. The Balaban J connectivity index is 1.83. The lowest BCUT2D eigenvalue weighted by Gasteiger charge is -2.19. The number of anilines is 1. The van der Waals surface area contributed by atoms with Crippen LogP contribution in [0.4, 0.5) is 5.69 Å². The number of benzene rings is 1. The van der Waals surface area contributed by atoms with Crippen LogP contribution in [0, 0.1) is 0 Å². The SMILES string of the molecule is CCOc1cc(OCCC2CCCN2C)ccc1N. The molecular formula is C15H24N2O2. The standard InChI is InChI=1S/C15H24N2O2/c1-3-18-15-11-13(6-7-14(15)16)19-10-8-12-5-4-9-17(12)2/h6-7,11-12H,3-5,8-10,16H2,1-2H3. The minimum absolute atomic E-state index is 0.612. The van der Waals surface area contributed by atoms with E-state index in [-0.39, 0.29) is 0 Å². The number of nitrogen functional groups attached to an aromatic ring is 1. The minimum atomic E-state index is 0.612. The van der Waals surface area contributed by atoms with Crippen LogP contribution in [-0.4, -0.2) is 37.7 Å². The maximum Gasteiger partial charge on any atom is 0.145 e. The van der Waals surface area contributed by atoms with Crippen molar-refractivity contribution in [1.82, 2.24) is 4.90 Å². The highest BCUT2D eigenvalue weighted by Gasteiger charge is 2.20. The van der Waals surface area contributed by atoms with Gasteiger partial charge in [0.25, 0.3) is 0 Å². The predicted molar refractivity (Wildman–Crippen MR) is 77.8 cm³/mol. The van der Waals surface area contributed by atoms with Gasteiger partial charge in [0.15, 0.2) is 0 Å². The van der Waals surface area contributed by atoms with E-state index in [2.05, 4.69) is 11.9 Å². The van der Waals surface area contributed by atoms with Gasteiger partial charge in [-0.3, -0.25) is 0 Å². The van der Waals surface area contributed by atoms with E-state index in [9.17, 15) is 0 Å². The number of hydrogen-bond donors (Lipinski definition) is 1. The van der Waals surface area contributed by atoms with Crippen molar-refractivity contribution < 1.29 is 9.47 Å². The van der Waals surface area contributed by atoms with Gasteiger partial charge in [-0.1, -0.05) is 0 Å². The molecule has 0 saturated carbocycles. The Bertz CT molecular complexity index is 409. The normalized spacial score (nSPS) is 19.6. The lowest BCUT2D eigenvalue weighted by atomic mass is 10.1. The van der Waals surface area contributed by atoms with E-state index >= 15 is 0 Å². The van der Waals surface area contributed by atoms with Gasteiger partial charge in [-0.05, 0) is 51.9 Å². The molecule has 0 spiro atoms. The molecule has 0 bridgehead atoms. The lowest BCUT2D eigenvalue weighted by molar-refractivity contribution is 0.232. The van der Waals surface area contributed by atoms with Crippen LogP contribution < -0.4 is 15.2 Å². The van der Waals surface area contributed by atoms with Crippen LogP contribution in [0.25, 0.3) is 0 Å². The lowest BCUT2D eigenvalue weighted by Crippen LogP contribution is -2.26. The Labute approximate surface area is 115 Å². The highest BCUT2D eigenvalue weighted by Crippen LogP contribution is 2.27. The van der Waals surface area contributed by atoms with E-state index in [0.717, 1.165) is 18.8 Å². The number of ether oxygens (including phenoxy) is 2. The van der Waals surface area contributed by atoms with Gasteiger partial charge in [0, 0.05) is 12.1 Å². The highest BCUT2D eigenvalue weighted by molar-refractivity contribution is 5.55. The topological polar surface area (TPSA) is 47.7 Å². The van der Waals surface area contributed by atoms with E-state index in [0.29, 0.717) is 24.1 Å². The summed E-state index contributed by atoms with van der Waals surface area (Å²) in [5.74, 6) is 1.54. The number of hydrogen-bond acceptors (Lipinski definition) is 4. The molecule has 1 fully saturated rings. The molecule has 0 amide bonds. The average molecular weight is 264 g/mol. The number of likely N-dealkylation sites (tertiary alicyclic amines) is 1. The fourth-order valence-electron chi connectivity index (χ4n) is 2.54. The highest BCUT2D eigenvalue weighted by atomic mass is 16.5. The first-order valence-electron chi connectivity index (χ1n) is 7.06. The van der Waals surface area contributed by atoms with Gasteiger partial charge in [0.1, 0.15) is 11.5 Å². The van der Waals surface area contributed by atoms with Gasteiger partial charge < -0.3 is 20.1 Å². The van der Waals surface area contributed by atoms with Gasteiger partial charge in [-0.2, -0.15) is 0 Å². The van der Waals surface area contributed by atoms with Crippen molar-refractivity contribution >= 4 is 5.69 Å². The third-order valence-corrected chi connectivity index (χ3v) is 3.68. The second kappa shape index (κ2) is 6.66. The first-order valence-corrected chi connectivity index (χ1v) is 7.06. The van der Waals surface area contributed by atoms with Gasteiger partial charge in [-0.25, -0.2) is 0 Å².